The Morgan fingerprint density at radius 1 is 1.35 bits per heavy atom. The van der Waals surface area contributed by atoms with Gasteiger partial charge in [0, 0.05) is 10.5 Å². The van der Waals surface area contributed by atoms with Gasteiger partial charge in [-0.2, -0.15) is 0 Å². The molecule has 1 aromatic rings. The number of aliphatic carboxylic acids is 1. The summed E-state index contributed by atoms with van der Waals surface area (Å²) >= 11 is 3.41. The number of hydrogen-bond donors (Lipinski definition) is 2. The van der Waals surface area contributed by atoms with E-state index in [1.165, 1.54) is 12.8 Å². The molecule has 2 rings (SSSR count). The Hall–Kier alpha value is -0.870. The molecular formula is C13H16BrNO2. The molecule has 17 heavy (non-hydrogen) atoms. The molecule has 1 aliphatic rings. The van der Waals surface area contributed by atoms with Crippen LogP contribution in [-0.2, 0) is 4.79 Å². The zero-order valence-electron chi connectivity index (χ0n) is 9.53. The molecule has 3 nitrogen and oxygen atoms in total. The van der Waals surface area contributed by atoms with Gasteiger partial charge in [0.2, 0.25) is 0 Å². The van der Waals surface area contributed by atoms with Crippen molar-refractivity contribution in [2.75, 3.05) is 0 Å². The first-order valence-electron chi connectivity index (χ1n) is 5.92. The topological polar surface area (TPSA) is 49.3 Å². The molecular weight excluding hydrogens is 282 g/mol. The molecule has 0 saturated heterocycles. The van der Waals surface area contributed by atoms with E-state index in [2.05, 4.69) is 21.2 Å². The minimum atomic E-state index is -0.816. The van der Waals surface area contributed by atoms with Crippen LogP contribution < -0.4 is 5.32 Å². The lowest BCUT2D eigenvalue weighted by Gasteiger charge is -2.20. The standard InChI is InChI=1S/C13H16BrNO2/c14-11-8-4-3-7-10(11)12(13(16)17)15-9-5-1-2-6-9/h3-4,7-9,12,15H,1-2,5-6H2,(H,16,17). The third kappa shape index (κ3) is 3.07. The molecule has 0 spiro atoms. The highest BCUT2D eigenvalue weighted by Crippen LogP contribution is 2.26. The Balaban J connectivity index is 2.17. The van der Waals surface area contributed by atoms with Crippen LogP contribution in [0.5, 0.6) is 0 Å². The van der Waals surface area contributed by atoms with Gasteiger partial charge < -0.3 is 5.11 Å². The quantitative estimate of drug-likeness (QED) is 0.898. The van der Waals surface area contributed by atoms with Crippen LogP contribution in [0.15, 0.2) is 28.7 Å². The van der Waals surface area contributed by atoms with Gasteiger partial charge in [-0.1, -0.05) is 47.0 Å². The lowest BCUT2D eigenvalue weighted by atomic mass is 10.1. The van der Waals surface area contributed by atoms with Crippen LogP contribution in [0.25, 0.3) is 0 Å². The van der Waals surface area contributed by atoms with Gasteiger partial charge >= 0.3 is 5.97 Å². The first-order chi connectivity index (χ1) is 8.18. The van der Waals surface area contributed by atoms with E-state index in [-0.39, 0.29) is 0 Å². The summed E-state index contributed by atoms with van der Waals surface area (Å²) in [7, 11) is 0. The first-order valence-corrected chi connectivity index (χ1v) is 6.71. The SMILES string of the molecule is O=C(O)C(NC1CCCC1)c1ccccc1Br. The maximum atomic E-state index is 11.4. The fraction of sp³-hybridized carbons (Fsp3) is 0.462. The number of hydrogen-bond acceptors (Lipinski definition) is 2. The Labute approximate surface area is 109 Å². The monoisotopic (exact) mass is 297 g/mol. The highest BCUT2D eigenvalue weighted by molar-refractivity contribution is 9.10. The molecule has 0 radical (unpaired) electrons. The van der Waals surface area contributed by atoms with E-state index in [9.17, 15) is 9.90 Å². The van der Waals surface area contributed by atoms with Crippen LogP contribution in [0, 0.1) is 0 Å². The molecule has 2 N–H and O–H groups in total. The van der Waals surface area contributed by atoms with E-state index < -0.39 is 12.0 Å². The molecule has 0 bridgehead atoms. The van der Waals surface area contributed by atoms with Crippen molar-refractivity contribution in [1.82, 2.24) is 5.32 Å². The van der Waals surface area contributed by atoms with Crippen molar-refractivity contribution in [3.05, 3.63) is 34.3 Å². The fourth-order valence-corrected chi connectivity index (χ4v) is 2.85. The average Bonchev–Trinajstić information content (AvgIpc) is 2.79. The molecule has 1 aromatic carbocycles. The number of nitrogens with one attached hydrogen (secondary N) is 1. The molecule has 0 aromatic heterocycles. The van der Waals surface area contributed by atoms with Crippen LogP contribution in [-0.4, -0.2) is 17.1 Å². The Morgan fingerprint density at radius 3 is 2.59 bits per heavy atom. The number of rotatable bonds is 4. The molecule has 1 atom stereocenters. The van der Waals surface area contributed by atoms with E-state index in [0.717, 1.165) is 22.9 Å². The molecule has 1 fully saturated rings. The molecule has 0 aliphatic heterocycles. The zero-order valence-corrected chi connectivity index (χ0v) is 11.1. The second-order valence-corrected chi connectivity index (χ2v) is 5.30. The van der Waals surface area contributed by atoms with E-state index in [1.54, 1.807) is 0 Å². The molecule has 0 amide bonds. The lowest BCUT2D eigenvalue weighted by Crippen LogP contribution is -2.35. The molecule has 1 saturated carbocycles. The average molecular weight is 298 g/mol. The molecule has 1 unspecified atom stereocenters. The van der Waals surface area contributed by atoms with E-state index in [4.69, 9.17) is 0 Å². The number of benzene rings is 1. The van der Waals surface area contributed by atoms with Crippen molar-refractivity contribution in [2.24, 2.45) is 0 Å². The summed E-state index contributed by atoms with van der Waals surface area (Å²) in [5.41, 5.74) is 0.798. The second-order valence-electron chi connectivity index (χ2n) is 4.44. The summed E-state index contributed by atoms with van der Waals surface area (Å²) in [4.78, 5) is 11.4. The highest BCUT2D eigenvalue weighted by atomic mass is 79.9. The van der Waals surface area contributed by atoms with Crippen molar-refractivity contribution in [3.8, 4) is 0 Å². The van der Waals surface area contributed by atoms with Crippen molar-refractivity contribution in [1.29, 1.82) is 0 Å². The van der Waals surface area contributed by atoms with Crippen LogP contribution >= 0.6 is 15.9 Å². The largest absolute Gasteiger partial charge is 0.480 e. The third-order valence-corrected chi connectivity index (χ3v) is 3.94. The summed E-state index contributed by atoms with van der Waals surface area (Å²) in [5, 5.41) is 12.6. The Kier molecular flexibility index (Phi) is 4.18. The molecule has 92 valence electrons. The Morgan fingerprint density at radius 2 is 2.00 bits per heavy atom. The number of halogens is 1. The van der Waals surface area contributed by atoms with Crippen LogP contribution in [0.3, 0.4) is 0 Å². The molecule has 4 heteroatoms. The lowest BCUT2D eigenvalue weighted by molar-refractivity contribution is -0.139. The maximum Gasteiger partial charge on any atom is 0.325 e. The van der Waals surface area contributed by atoms with Crippen molar-refractivity contribution in [2.45, 2.75) is 37.8 Å². The number of carboxylic acid groups (broad SMARTS) is 1. The minimum absolute atomic E-state index is 0.336. The fourth-order valence-electron chi connectivity index (χ4n) is 2.33. The predicted octanol–water partition coefficient (Wildman–Crippen LogP) is 3.11. The summed E-state index contributed by atoms with van der Waals surface area (Å²) in [6, 6.07) is 7.21. The zero-order chi connectivity index (χ0) is 12.3. The minimum Gasteiger partial charge on any atom is -0.480 e. The van der Waals surface area contributed by atoms with Gasteiger partial charge in [0.15, 0.2) is 0 Å². The Bertz CT molecular complexity index is 402. The van der Waals surface area contributed by atoms with Crippen molar-refractivity contribution in [3.63, 3.8) is 0 Å². The van der Waals surface area contributed by atoms with Gasteiger partial charge in [-0.15, -0.1) is 0 Å². The summed E-state index contributed by atoms with van der Waals surface area (Å²) < 4.78 is 0.845. The van der Waals surface area contributed by atoms with Gasteiger partial charge in [0.1, 0.15) is 6.04 Å². The molecule has 1 aliphatic carbocycles. The molecule has 0 heterocycles. The van der Waals surface area contributed by atoms with E-state index >= 15 is 0 Å². The van der Waals surface area contributed by atoms with Gasteiger partial charge in [-0.3, -0.25) is 10.1 Å². The van der Waals surface area contributed by atoms with Crippen LogP contribution in [0.2, 0.25) is 0 Å². The first kappa shape index (κ1) is 12.6. The summed E-state index contributed by atoms with van der Waals surface area (Å²) in [6.45, 7) is 0. The van der Waals surface area contributed by atoms with Crippen molar-refractivity contribution >= 4 is 21.9 Å². The maximum absolute atomic E-state index is 11.4. The number of carbonyl (C=O) groups is 1. The van der Waals surface area contributed by atoms with Gasteiger partial charge in [0.05, 0.1) is 0 Å². The smallest absolute Gasteiger partial charge is 0.325 e. The van der Waals surface area contributed by atoms with Gasteiger partial charge in [-0.25, -0.2) is 0 Å². The highest BCUT2D eigenvalue weighted by Gasteiger charge is 2.26. The summed E-state index contributed by atoms with van der Waals surface area (Å²) in [6.07, 6.45) is 4.54. The van der Waals surface area contributed by atoms with Crippen LogP contribution in [0.4, 0.5) is 0 Å². The number of carboxylic acids is 1. The second kappa shape index (κ2) is 5.65. The van der Waals surface area contributed by atoms with Gasteiger partial charge in [0.25, 0.3) is 0 Å². The normalized spacial score (nSPS) is 18.2. The van der Waals surface area contributed by atoms with Crippen molar-refractivity contribution < 1.29 is 9.90 Å². The van der Waals surface area contributed by atoms with Crippen LogP contribution in [0.1, 0.15) is 37.3 Å². The van der Waals surface area contributed by atoms with Gasteiger partial charge in [-0.05, 0) is 24.5 Å². The third-order valence-electron chi connectivity index (χ3n) is 3.22. The predicted molar refractivity (Wildman–Crippen MR) is 69.9 cm³/mol. The van der Waals surface area contributed by atoms with E-state index in [0.29, 0.717) is 6.04 Å². The summed E-state index contributed by atoms with van der Waals surface area (Å²) in [5.74, 6) is -0.816. The van der Waals surface area contributed by atoms with E-state index in [1.807, 2.05) is 24.3 Å².